The van der Waals surface area contributed by atoms with Crippen molar-refractivity contribution in [3.8, 4) is 0 Å². The fourth-order valence-corrected chi connectivity index (χ4v) is 1.96. The highest BCUT2D eigenvalue weighted by molar-refractivity contribution is 5.78. The number of non-ortho nitro benzene ring substituents is 1. The zero-order valence-corrected chi connectivity index (χ0v) is 11.7. The number of aliphatic imine (C=N–C) groups is 1. The Bertz CT molecular complexity index is 497. The van der Waals surface area contributed by atoms with E-state index >= 15 is 0 Å². The van der Waals surface area contributed by atoms with Crippen LogP contribution in [0.3, 0.4) is 0 Å². The summed E-state index contributed by atoms with van der Waals surface area (Å²) in [5.41, 5.74) is 6.80. The maximum atomic E-state index is 10.5. The summed E-state index contributed by atoms with van der Waals surface area (Å²) in [6.45, 7) is 4.05. The molecule has 0 aliphatic carbocycles. The Labute approximate surface area is 122 Å². The number of hydrogen-bond acceptors (Lipinski definition) is 5. The number of nitro benzene ring substituents is 1. The van der Waals surface area contributed by atoms with Gasteiger partial charge in [0.1, 0.15) is 0 Å². The van der Waals surface area contributed by atoms with E-state index in [0.717, 1.165) is 18.8 Å². The number of anilines is 1. The second kappa shape index (κ2) is 7.44. The third kappa shape index (κ3) is 4.60. The van der Waals surface area contributed by atoms with Crippen LogP contribution >= 0.6 is 0 Å². The summed E-state index contributed by atoms with van der Waals surface area (Å²) in [6, 6.07) is 6.28. The molecule has 1 aliphatic heterocycles. The van der Waals surface area contributed by atoms with E-state index in [4.69, 9.17) is 10.5 Å². The first-order valence-corrected chi connectivity index (χ1v) is 6.78. The van der Waals surface area contributed by atoms with Crippen LogP contribution in [0.5, 0.6) is 0 Å². The number of nitrogens with one attached hydrogen (secondary N) is 1. The minimum Gasteiger partial charge on any atom is -0.383 e. The first kappa shape index (κ1) is 15.0. The summed E-state index contributed by atoms with van der Waals surface area (Å²) >= 11 is 0. The molecule has 21 heavy (non-hydrogen) atoms. The van der Waals surface area contributed by atoms with Crippen molar-refractivity contribution in [2.75, 3.05) is 44.7 Å². The fraction of sp³-hybridized carbons (Fsp3) is 0.462. The summed E-state index contributed by atoms with van der Waals surface area (Å²) < 4.78 is 5.25. The Balaban J connectivity index is 1.74. The second-order valence-electron chi connectivity index (χ2n) is 4.57. The van der Waals surface area contributed by atoms with Gasteiger partial charge in [-0.15, -0.1) is 0 Å². The molecule has 2 rings (SSSR count). The van der Waals surface area contributed by atoms with Crippen molar-refractivity contribution in [3.63, 3.8) is 0 Å². The maximum Gasteiger partial charge on any atom is 0.269 e. The Morgan fingerprint density at radius 3 is 2.67 bits per heavy atom. The lowest BCUT2D eigenvalue weighted by Gasteiger charge is -2.27. The average molecular weight is 293 g/mol. The molecule has 1 aromatic rings. The van der Waals surface area contributed by atoms with Crippen LogP contribution in [0.2, 0.25) is 0 Å². The van der Waals surface area contributed by atoms with E-state index in [9.17, 15) is 10.1 Å². The summed E-state index contributed by atoms with van der Waals surface area (Å²) in [6.07, 6.45) is 0. The molecule has 0 radical (unpaired) electrons. The third-order valence-corrected chi connectivity index (χ3v) is 3.13. The lowest BCUT2D eigenvalue weighted by molar-refractivity contribution is -0.384. The molecule has 3 N–H and O–H groups in total. The fourth-order valence-electron chi connectivity index (χ4n) is 1.96. The number of nitrogens with zero attached hydrogens (tertiary/aromatic N) is 3. The van der Waals surface area contributed by atoms with E-state index < -0.39 is 4.92 Å². The number of benzene rings is 1. The van der Waals surface area contributed by atoms with Crippen LogP contribution in [-0.4, -0.2) is 55.2 Å². The van der Waals surface area contributed by atoms with Gasteiger partial charge in [-0.25, -0.2) is 0 Å². The van der Waals surface area contributed by atoms with Crippen molar-refractivity contribution < 1.29 is 9.66 Å². The van der Waals surface area contributed by atoms with Crippen LogP contribution in [0.15, 0.2) is 29.3 Å². The van der Waals surface area contributed by atoms with Crippen LogP contribution in [0.25, 0.3) is 0 Å². The van der Waals surface area contributed by atoms with E-state index in [2.05, 4.69) is 10.3 Å². The number of nitro groups is 1. The average Bonchev–Trinajstić information content (AvgIpc) is 2.52. The third-order valence-electron chi connectivity index (χ3n) is 3.13. The Kier molecular flexibility index (Phi) is 5.33. The van der Waals surface area contributed by atoms with Gasteiger partial charge in [0.15, 0.2) is 5.96 Å². The van der Waals surface area contributed by atoms with Gasteiger partial charge in [0.2, 0.25) is 0 Å². The van der Waals surface area contributed by atoms with Crippen molar-refractivity contribution in [1.29, 1.82) is 0 Å². The van der Waals surface area contributed by atoms with Crippen LogP contribution in [0.4, 0.5) is 11.4 Å². The number of nitrogens with two attached hydrogens (primary N) is 1. The zero-order valence-electron chi connectivity index (χ0n) is 11.7. The zero-order chi connectivity index (χ0) is 15.1. The summed E-state index contributed by atoms with van der Waals surface area (Å²) in [7, 11) is 0. The molecular formula is C13H19N5O3. The predicted molar refractivity (Wildman–Crippen MR) is 80.5 cm³/mol. The highest BCUT2D eigenvalue weighted by Crippen LogP contribution is 2.14. The minimum absolute atomic E-state index is 0.0788. The van der Waals surface area contributed by atoms with Gasteiger partial charge >= 0.3 is 0 Å². The lowest BCUT2D eigenvalue weighted by Crippen LogP contribution is -2.45. The number of hydrogen-bond donors (Lipinski definition) is 2. The predicted octanol–water partition coefficient (Wildman–Crippen LogP) is 0.654. The molecule has 1 fully saturated rings. The molecule has 1 aromatic carbocycles. The number of rotatable bonds is 5. The molecular weight excluding hydrogens is 274 g/mol. The van der Waals surface area contributed by atoms with Crippen molar-refractivity contribution in [3.05, 3.63) is 34.4 Å². The van der Waals surface area contributed by atoms with E-state index in [1.807, 2.05) is 4.90 Å². The molecule has 0 saturated carbocycles. The monoisotopic (exact) mass is 293 g/mol. The minimum atomic E-state index is -0.420. The van der Waals surface area contributed by atoms with Gasteiger partial charge in [0, 0.05) is 37.5 Å². The maximum absolute atomic E-state index is 10.5. The van der Waals surface area contributed by atoms with Crippen molar-refractivity contribution in [2.24, 2.45) is 10.7 Å². The molecule has 0 spiro atoms. The van der Waals surface area contributed by atoms with E-state index in [-0.39, 0.29) is 5.69 Å². The molecule has 8 nitrogen and oxygen atoms in total. The van der Waals surface area contributed by atoms with Gasteiger partial charge < -0.3 is 20.7 Å². The molecule has 0 atom stereocenters. The largest absolute Gasteiger partial charge is 0.383 e. The van der Waals surface area contributed by atoms with Crippen LogP contribution < -0.4 is 11.1 Å². The molecule has 0 unspecified atom stereocenters. The van der Waals surface area contributed by atoms with Crippen molar-refractivity contribution >= 4 is 17.3 Å². The molecule has 1 heterocycles. The van der Waals surface area contributed by atoms with E-state index in [1.165, 1.54) is 12.1 Å². The van der Waals surface area contributed by atoms with Gasteiger partial charge in [-0.3, -0.25) is 15.1 Å². The first-order valence-electron chi connectivity index (χ1n) is 6.78. The highest BCUT2D eigenvalue weighted by atomic mass is 16.6. The van der Waals surface area contributed by atoms with Crippen LogP contribution in [0.1, 0.15) is 0 Å². The Morgan fingerprint density at radius 1 is 1.38 bits per heavy atom. The summed E-state index contributed by atoms with van der Waals surface area (Å²) in [5, 5.41) is 13.7. The lowest BCUT2D eigenvalue weighted by atomic mass is 10.3. The first-order chi connectivity index (χ1) is 10.2. The Hall–Kier alpha value is -2.35. The second-order valence-corrected chi connectivity index (χ2v) is 4.57. The normalized spacial score (nSPS) is 15.8. The molecule has 1 aliphatic rings. The molecule has 0 amide bonds. The van der Waals surface area contributed by atoms with Crippen molar-refractivity contribution in [2.45, 2.75) is 0 Å². The standard InChI is InChI=1S/C13H19N5O3/c14-13(17-7-9-21-10-8-17)16-6-5-15-11-1-3-12(4-2-11)18(19)20/h1-4,15H,5-10H2,(H2,14,16). The van der Waals surface area contributed by atoms with Crippen LogP contribution in [0, 0.1) is 10.1 Å². The van der Waals surface area contributed by atoms with Gasteiger partial charge in [-0.2, -0.15) is 0 Å². The van der Waals surface area contributed by atoms with Gasteiger partial charge in [0.05, 0.1) is 24.7 Å². The molecule has 0 bridgehead atoms. The number of morpholine rings is 1. The SMILES string of the molecule is NC(=NCCNc1ccc([N+](=O)[O-])cc1)N1CCOCC1. The summed E-state index contributed by atoms with van der Waals surface area (Å²) in [5.74, 6) is 0.531. The van der Waals surface area contributed by atoms with Gasteiger partial charge in [-0.05, 0) is 12.1 Å². The van der Waals surface area contributed by atoms with Crippen LogP contribution in [-0.2, 0) is 4.74 Å². The quantitative estimate of drug-likeness (QED) is 0.271. The van der Waals surface area contributed by atoms with Gasteiger partial charge in [-0.1, -0.05) is 0 Å². The smallest absolute Gasteiger partial charge is 0.269 e. The molecule has 114 valence electrons. The van der Waals surface area contributed by atoms with E-state index in [0.29, 0.717) is 32.3 Å². The summed E-state index contributed by atoms with van der Waals surface area (Å²) in [4.78, 5) is 16.4. The highest BCUT2D eigenvalue weighted by Gasteiger charge is 2.11. The number of guanidine groups is 1. The van der Waals surface area contributed by atoms with Gasteiger partial charge in [0.25, 0.3) is 5.69 Å². The topological polar surface area (TPSA) is 106 Å². The van der Waals surface area contributed by atoms with E-state index in [1.54, 1.807) is 12.1 Å². The number of ether oxygens (including phenoxy) is 1. The molecule has 1 saturated heterocycles. The molecule has 0 aromatic heterocycles. The molecule has 8 heteroatoms. The Morgan fingerprint density at radius 2 is 2.05 bits per heavy atom. The van der Waals surface area contributed by atoms with Crippen molar-refractivity contribution in [1.82, 2.24) is 4.90 Å².